The third kappa shape index (κ3) is 3.60. The maximum Gasteiger partial charge on any atom is 0.259 e. The average molecular weight is 445 g/mol. The minimum absolute atomic E-state index is 0.0420. The summed E-state index contributed by atoms with van der Waals surface area (Å²) in [5.74, 6) is 0.658. The fourth-order valence-electron chi connectivity index (χ4n) is 4.36. The second-order valence-electron chi connectivity index (χ2n) is 7.90. The molecular formula is C21H24N4O3S2. The number of rotatable bonds is 4. The molecule has 2 aliphatic rings. The molecular weight excluding hydrogens is 420 g/mol. The third-order valence-corrected chi connectivity index (χ3v) is 9.06. The first-order chi connectivity index (χ1) is 14.5. The molecule has 3 aromatic rings. The number of thiophene rings is 1. The molecule has 7 nitrogen and oxygen atoms in total. The molecule has 0 unspecified atom stereocenters. The molecule has 0 saturated carbocycles. The van der Waals surface area contributed by atoms with E-state index in [2.05, 4.69) is 9.88 Å². The van der Waals surface area contributed by atoms with Crippen molar-refractivity contribution >= 4 is 31.6 Å². The molecule has 0 atom stereocenters. The minimum Gasteiger partial charge on any atom is -0.309 e. The maximum atomic E-state index is 12.8. The number of sulfonamides is 1. The molecule has 0 bridgehead atoms. The van der Waals surface area contributed by atoms with Crippen LogP contribution in [-0.2, 0) is 29.4 Å². The zero-order valence-electron chi connectivity index (χ0n) is 16.6. The van der Waals surface area contributed by atoms with Gasteiger partial charge < -0.3 is 4.98 Å². The van der Waals surface area contributed by atoms with Crippen LogP contribution in [-0.4, -0.2) is 53.8 Å². The van der Waals surface area contributed by atoms with E-state index >= 15 is 0 Å². The van der Waals surface area contributed by atoms with E-state index in [9.17, 15) is 13.2 Å². The SMILES string of the molecule is O=c1[nH]c(CN2CCN(S(=O)(=O)c3ccccc3)CC2)nc2sc3c(c12)CCCC3. The lowest BCUT2D eigenvalue weighted by Gasteiger charge is -2.33. The molecule has 1 saturated heterocycles. The van der Waals surface area contributed by atoms with E-state index in [4.69, 9.17) is 4.98 Å². The van der Waals surface area contributed by atoms with E-state index < -0.39 is 10.0 Å². The molecule has 5 rings (SSSR count). The van der Waals surface area contributed by atoms with E-state index in [0.29, 0.717) is 43.4 Å². The summed E-state index contributed by atoms with van der Waals surface area (Å²) in [7, 11) is -3.46. The number of fused-ring (bicyclic) bond motifs is 3. The number of nitrogens with zero attached hydrogens (tertiary/aromatic N) is 3. The van der Waals surface area contributed by atoms with Crippen LogP contribution in [0.25, 0.3) is 10.2 Å². The van der Waals surface area contributed by atoms with Crippen LogP contribution in [0.4, 0.5) is 0 Å². The minimum atomic E-state index is -3.46. The lowest BCUT2D eigenvalue weighted by atomic mass is 9.97. The van der Waals surface area contributed by atoms with Crippen LogP contribution in [0.15, 0.2) is 40.0 Å². The molecule has 1 fully saturated rings. The van der Waals surface area contributed by atoms with Gasteiger partial charge in [-0.05, 0) is 43.4 Å². The summed E-state index contributed by atoms with van der Waals surface area (Å²) >= 11 is 1.65. The van der Waals surface area contributed by atoms with E-state index in [1.807, 2.05) is 6.07 Å². The predicted octanol–water partition coefficient (Wildman–Crippen LogP) is 2.37. The highest BCUT2D eigenvalue weighted by Crippen LogP contribution is 2.33. The molecule has 0 amide bonds. The maximum absolute atomic E-state index is 12.8. The summed E-state index contributed by atoms with van der Waals surface area (Å²) in [5.41, 5.74) is 1.15. The number of H-pyrrole nitrogens is 1. The van der Waals surface area contributed by atoms with E-state index in [0.717, 1.165) is 29.5 Å². The molecule has 1 N–H and O–H groups in total. The Bertz CT molecular complexity index is 1230. The Kier molecular flexibility index (Phi) is 5.22. The Hall–Kier alpha value is -2.07. The second-order valence-corrected chi connectivity index (χ2v) is 10.9. The number of hydrogen-bond acceptors (Lipinski definition) is 6. The largest absolute Gasteiger partial charge is 0.309 e. The van der Waals surface area contributed by atoms with Crippen LogP contribution in [0, 0.1) is 0 Å². The van der Waals surface area contributed by atoms with Gasteiger partial charge in [0.25, 0.3) is 5.56 Å². The topological polar surface area (TPSA) is 86.4 Å². The van der Waals surface area contributed by atoms with E-state index in [1.54, 1.807) is 35.6 Å². The fraction of sp³-hybridized carbons (Fsp3) is 0.429. The average Bonchev–Trinajstić information content (AvgIpc) is 3.13. The molecule has 158 valence electrons. The van der Waals surface area contributed by atoms with Gasteiger partial charge in [0.2, 0.25) is 10.0 Å². The van der Waals surface area contributed by atoms with Gasteiger partial charge in [0.15, 0.2) is 0 Å². The number of aromatic nitrogens is 2. The summed E-state index contributed by atoms with van der Waals surface area (Å²) in [4.78, 5) is 25.1. The number of benzene rings is 1. The number of aromatic amines is 1. The van der Waals surface area contributed by atoms with Crippen molar-refractivity contribution in [1.29, 1.82) is 0 Å². The standard InChI is InChI=1S/C21H24N4O3S2/c26-20-19-16-8-4-5-9-17(16)29-21(19)23-18(22-20)14-24-10-12-25(13-11-24)30(27,28)15-6-2-1-3-7-15/h1-3,6-7H,4-5,8-14H2,(H,22,23,26). The van der Waals surface area contributed by atoms with Crippen molar-refractivity contribution in [1.82, 2.24) is 19.2 Å². The zero-order chi connectivity index (χ0) is 20.7. The Morgan fingerprint density at radius 1 is 1.03 bits per heavy atom. The van der Waals surface area contributed by atoms with Crippen LogP contribution in [0.1, 0.15) is 29.1 Å². The smallest absolute Gasteiger partial charge is 0.259 e. The van der Waals surface area contributed by atoms with Crippen molar-refractivity contribution < 1.29 is 8.42 Å². The Balaban J connectivity index is 1.30. The van der Waals surface area contributed by atoms with Gasteiger partial charge in [-0.15, -0.1) is 11.3 Å². The van der Waals surface area contributed by atoms with Crippen molar-refractivity contribution in [3.05, 3.63) is 57.0 Å². The van der Waals surface area contributed by atoms with Gasteiger partial charge in [0.05, 0.1) is 16.8 Å². The summed E-state index contributed by atoms with van der Waals surface area (Å²) in [5, 5.41) is 0.775. The van der Waals surface area contributed by atoms with Gasteiger partial charge in [-0.25, -0.2) is 13.4 Å². The van der Waals surface area contributed by atoms with Crippen LogP contribution in [0.5, 0.6) is 0 Å². The summed E-state index contributed by atoms with van der Waals surface area (Å²) < 4.78 is 27.1. The third-order valence-electron chi connectivity index (χ3n) is 5.96. The van der Waals surface area contributed by atoms with Gasteiger partial charge in [-0.1, -0.05) is 18.2 Å². The van der Waals surface area contributed by atoms with Crippen LogP contribution < -0.4 is 5.56 Å². The van der Waals surface area contributed by atoms with Crippen molar-refractivity contribution in [2.75, 3.05) is 26.2 Å². The van der Waals surface area contributed by atoms with Crippen molar-refractivity contribution in [2.24, 2.45) is 0 Å². The van der Waals surface area contributed by atoms with Gasteiger partial charge >= 0.3 is 0 Å². The van der Waals surface area contributed by atoms with Crippen LogP contribution in [0.2, 0.25) is 0 Å². The van der Waals surface area contributed by atoms with Crippen molar-refractivity contribution in [3.63, 3.8) is 0 Å². The van der Waals surface area contributed by atoms with Crippen LogP contribution >= 0.6 is 11.3 Å². The molecule has 2 aromatic heterocycles. The van der Waals surface area contributed by atoms with Crippen molar-refractivity contribution in [3.8, 4) is 0 Å². The number of aryl methyl sites for hydroxylation is 2. The Morgan fingerprint density at radius 3 is 2.53 bits per heavy atom. The highest BCUT2D eigenvalue weighted by Gasteiger charge is 2.28. The monoisotopic (exact) mass is 444 g/mol. The van der Waals surface area contributed by atoms with E-state index in [-0.39, 0.29) is 5.56 Å². The molecule has 9 heteroatoms. The molecule has 1 aliphatic carbocycles. The van der Waals surface area contributed by atoms with Gasteiger partial charge in [-0.2, -0.15) is 4.31 Å². The first-order valence-corrected chi connectivity index (χ1v) is 12.6. The molecule has 3 heterocycles. The first-order valence-electron chi connectivity index (χ1n) is 10.3. The fourth-order valence-corrected chi connectivity index (χ4v) is 7.09. The summed E-state index contributed by atoms with van der Waals surface area (Å²) in [6, 6.07) is 8.55. The second kappa shape index (κ2) is 7.88. The quantitative estimate of drug-likeness (QED) is 0.668. The van der Waals surface area contributed by atoms with Crippen LogP contribution in [0.3, 0.4) is 0 Å². The van der Waals surface area contributed by atoms with Crippen molar-refractivity contribution in [2.45, 2.75) is 37.1 Å². The van der Waals surface area contributed by atoms with Gasteiger partial charge in [-0.3, -0.25) is 9.69 Å². The van der Waals surface area contributed by atoms with Gasteiger partial charge in [0.1, 0.15) is 10.7 Å². The Labute approximate surface area is 179 Å². The van der Waals surface area contributed by atoms with E-state index in [1.165, 1.54) is 21.2 Å². The first kappa shape index (κ1) is 19.9. The molecule has 0 radical (unpaired) electrons. The molecule has 30 heavy (non-hydrogen) atoms. The molecule has 0 spiro atoms. The number of piperazine rings is 1. The summed E-state index contributed by atoms with van der Waals surface area (Å²) in [6.07, 6.45) is 4.33. The molecule has 1 aliphatic heterocycles. The summed E-state index contributed by atoms with van der Waals surface area (Å²) in [6.45, 7) is 2.59. The lowest BCUT2D eigenvalue weighted by Crippen LogP contribution is -2.48. The highest BCUT2D eigenvalue weighted by atomic mass is 32.2. The highest BCUT2D eigenvalue weighted by molar-refractivity contribution is 7.89. The number of nitrogens with one attached hydrogen (secondary N) is 1. The molecule has 1 aromatic carbocycles. The zero-order valence-corrected chi connectivity index (χ0v) is 18.3. The Morgan fingerprint density at radius 2 is 1.77 bits per heavy atom. The normalized spacial score (nSPS) is 18.5. The number of hydrogen-bond donors (Lipinski definition) is 1. The lowest BCUT2D eigenvalue weighted by molar-refractivity contribution is 0.178. The predicted molar refractivity (Wildman–Crippen MR) is 117 cm³/mol. The van der Waals surface area contributed by atoms with Gasteiger partial charge in [0, 0.05) is 31.1 Å².